The molecule has 0 aliphatic carbocycles. The molecule has 6 nitrogen and oxygen atoms in total. The Bertz CT molecular complexity index is 711. The molecule has 0 radical (unpaired) electrons. The van der Waals surface area contributed by atoms with Gasteiger partial charge in [0.05, 0.1) is 18.3 Å². The first-order chi connectivity index (χ1) is 9.65. The van der Waals surface area contributed by atoms with Crippen molar-refractivity contribution in [3.05, 3.63) is 47.6 Å². The van der Waals surface area contributed by atoms with Crippen LogP contribution in [0.5, 0.6) is 0 Å². The van der Waals surface area contributed by atoms with E-state index in [1.165, 1.54) is 0 Å². The van der Waals surface area contributed by atoms with Gasteiger partial charge in [0.15, 0.2) is 11.5 Å². The molecule has 104 valence electrons. The summed E-state index contributed by atoms with van der Waals surface area (Å²) in [5, 5.41) is 11.7. The number of hydrogen-bond donors (Lipinski definition) is 1. The highest BCUT2D eigenvalue weighted by molar-refractivity contribution is 5.37. The smallest absolute Gasteiger partial charge is 0.208 e. The quantitative estimate of drug-likeness (QED) is 0.787. The minimum atomic E-state index is 0.0555. The third-order valence-corrected chi connectivity index (χ3v) is 3.36. The van der Waals surface area contributed by atoms with Crippen LogP contribution in [0.4, 0.5) is 0 Å². The standard InChI is InChI=1S/C14H17N5O/c1-9-11(3)20-13(16-9)8-15-10(2)14-18-17-12-6-4-5-7-19(12)14/h4-7,10,15H,8H2,1-3H3. The molecule has 0 saturated carbocycles. The van der Waals surface area contributed by atoms with Gasteiger partial charge in [-0.25, -0.2) is 4.98 Å². The predicted molar refractivity (Wildman–Crippen MR) is 74.2 cm³/mol. The first kappa shape index (κ1) is 12.8. The molecule has 20 heavy (non-hydrogen) atoms. The normalized spacial score (nSPS) is 12.9. The highest BCUT2D eigenvalue weighted by Gasteiger charge is 2.14. The van der Waals surface area contributed by atoms with Gasteiger partial charge in [0.2, 0.25) is 5.89 Å². The van der Waals surface area contributed by atoms with Crippen LogP contribution in [0.1, 0.15) is 36.1 Å². The van der Waals surface area contributed by atoms with E-state index >= 15 is 0 Å². The van der Waals surface area contributed by atoms with Crippen LogP contribution in [0, 0.1) is 13.8 Å². The van der Waals surface area contributed by atoms with Crippen molar-refractivity contribution in [1.82, 2.24) is 24.9 Å². The third-order valence-electron chi connectivity index (χ3n) is 3.36. The molecule has 1 unspecified atom stereocenters. The van der Waals surface area contributed by atoms with Crippen molar-refractivity contribution in [2.24, 2.45) is 0 Å². The van der Waals surface area contributed by atoms with Crippen LogP contribution in [0.15, 0.2) is 28.8 Å². The Balaban J connectivity index is 1.74. The first-order valence-electron chi connectivity index (χ1n) is 6.61. The lowest BCUT2D eigenvalue weighted by Gasteiger charge is -2.10. The van der Waals surface area contributed by atoms with Gasteiger partial charge in [0, 0.05) is 6.20 Å². The number of pyridine rings is 1. The number of aromatic nitrogens is 4. The number of rotatable bonds is 4. The summed E-state index contributed by atoms with van der Waals surface area (Å²) in [5.74, 6) is 2.43. The number of nitrogens with one attached hydrogen (secondary N) is 1. The molecule has 0 aliphatic heterocycles. The number of hydrogen-bond acceptors (Lipinski definition) is 5. The van der Waals surface area contributed by atoms with Crippen molar-refractivity contribution < 1.29 is 4.42 Å². The van der Waals surface area contributed by atoms with Gasteiger partial charge < -0.3 is 4.42 Å². The molecule has 1 N–H and O–H groups in total. The fourth-order valence-electron chi connectivity index (χ4n) is 2.10. The van der Waals surface area contributed by atoms with Crippen LogP contribution in [-0.2, 0) is 6.54 Å². The average molecular weight is 271 g/mol. The molecular weight excluding hydrogens is 254 g/mol. The van der Waals surface area contributed by atoms with Gasteiger partial charge in [-0.1, -0.05) is 6.07 Å². The second-order valence-corrected chi connectivity index (χ2v) is 4.84. The topological polar surface area (TPSA) is 68.2 Å². The van der Waals surface area contributed by atoms with Crippen LogP contribution in [0.25, 0.3) is 5.65 Å². The summed E-state index contributed by atoms with van der Waals surface area (Å²) < 4.78 is 7.53. The molecule has 0 fully saturated rings. The number of oxazole rings is 1. The summed E-state index contributed by atoms with van der Waals surface area (Å²) in [6.45, 7) is 6.47. The monoisotopic (exact) mass is 271 g/mol. The Hall–Kier alpha value is -2.21. The number of nitrogens with zero attached hydrogens (tertiary/aromatic N) is 4. The van der Waals surface area contributed by atoms with Crippen LogP contribution >= 0.6 is 0 Å². The van der Waals surface area contributed by atoms with Crippen molar-refractivity contribution in [3.8, 4) is 0 Å². The lowest BCUT2D eigenvalue weighted by molar-refractivity contribution is 0.426. The molecule has 3 aromatic rings. The summed E-state index contributed by atoms with van der Waals surface area (Å²) in [4.78, 5) is 4.35. The summed E-state index contributed by atoms with van der Waals surface area (Å²) in [6.07, 6.45) is 1.96. The van der Waals surface area contributed by atoms with Gasteiger partial charge in [-0.05, 0) is 32.9 Å². The van der Waals surface area contributed by atoms with Gasteiger partial charge >= 0.3 is 0 Å². The molecule has 0 aliphatic rings. The zero-order valence-corrected chi connectivity index (χ0v) is 11.8. The van der Waals surface area contributed by atoms with Gasteiger partial charge in [0.1, 0.15) is 5.76 Å². The van der Waals surface area contributed by atoms with Gasteiger partial charge in [-0.15, -0.1) is 10.2 Å². The molecular formula is C14H17N5O. The Morgan fingerprint density at radius 1 is 1.30 bits per heavy atom. The lowest BCUT2D eigenvalue weighted by Crippen LogP contribution is -2.20. The maximum atomic E-state index is 5.55. The molecule has 0 amide bonds. The van der Waals surface area contributed by atoms with E-state index in [2.05, 4.69) is 20.5 Å². The Morgan fingerprint density at radius 3 is 2.90 bits per heavy atom. The van der Waals surface area contributed by atoms with Crippen molar-refractivity contribution in [3.63, 3.8) is 0 Å². The van der Waals surface area contributed by atoms with E-state index < -0.39 is 0 Å². The highest BCUT2D eigenvalue weighted by atomic mass is 16.4. The summed E-state index contributed by atoms with van der Waals surface area (Å²) >= 11 is 0. The molecule has 0 saturated heterocycles. The molecule has 3 heterocycles. The number of aryl methyl sites for hydroxylation is 2. The van der Waals surface area contributed by atoms with E-state index in [1.54, 1.807) is 0 Å². The summed E-state index contributed by atoms with van der Waals surface area (Å²) in [5.41, 5.74) is 1.78. The van der Waals surface area contributed by atoms with Crippen LogP contribution in [0.2, 0.25) is 0 Å². The van der Waals surface area contributed by atoms with Crippen molar-refractivity contribution in [1.29, 1.82) is 0 Å². The van der Waals surface area contributed by atoms with E-state index in [4.69, 9.17) is 4.42 Å². The molecule has 3 rings (SSSR count). The van der Waals surface area contributed by atoms with E-state index in [-0.39, 0.29) is 6.04 Å². The number of fused-ring (bicyclic) bond motifs is 1. The Morgan fingerprint density at radius 2 is 2.15 bits per heavy atom. The summed E-state index contributed by atoms with van der Waals surface area (Å²) in [6, 6.07) is 5.90. The average Bonchev–Trinajstić information content (AvgIpc) is 3.00. The van der Waals surface area contributed by atoms with Crippen molar-refractivity contribution in [2.45, 2.75) is 33.4 Å². The molecule has 0 bridgehead atoms. The predicted octanol–water partition coefficient (Wildman–Crippen LogP) is 2.18. The van der Waals surface area contributed by atoms with Crippen LogP contribution < -0.4 is 5.32 Å². The zero-order valence-electron chi connectivity index (χ0n) is 11.8. The Labute approximate surface area is 116 Å². The molecule has 1 atom stereocenters. The van der Waals surface area contributed by atoms with E-state index in [9.17, 15) is 0 Å². The van der Waals surface area contributed by atoms with Crippen LogP contribution in [0.3, 0.4) is 0 Å². The zero-order chi connectivity index (χ0) is 14.1. The third kappa shape index (κ3) is 2.30. The second kappa shape index (κ2) is 5.05. The maximum Gasteiger partial charge on any atom is 0.208 e. The van der Waals surface area contributed by atoms with E-state index in [1.807, 2.05) is 49.6 Å². The molecule has 6 heteroatoms. The lowest BCUT2D eigenvalue weighted by atomic mass is 10.3. The van der Waals surface area contributed by atoms with Crippen LogP contribution in [-0.4, -0.2) is 19.6 Å². The molecule has 3 aromatic heterocycles. The Kier molecular flexibility index (Phi) is 3.23. The first-order valence-corrected chi connectivity index (χ1v) is 6.61. The second-order valence-electron chi connectivity index (χ2n) is 4.84. The van der Waals surface area contributed by atoms with Gasteiger partial charge in [-0.3, -0.25) is 9.72 Å². The maximum absolute atomic E-state index is 5.55. The fraction of sp³-hybridized carbons (Fsp3) is 0.357. The van der Waals surface area contributed by atoms with Crippen molar-refractivity contribution >= 4 is 5.65 Å². The fourth-order valence-corrected chi connectivity index (χ4v) is 2.10. The molecule has 0 spiro atoms. The van der Waals surface area contributed by atoms with E-state index in [0.29, 0.717) is 12.4 Å². The largest absolute Gasteiger partial charge is 0.444 e. The summed E-state index contributed by atoms with van der Waals surface area (Å²) in [7, 11) is 0. The van der Waals surface area contributed by atoms with Gasteiger partial charge in [-0.2, -0.15) is 0 Å². The minimum absolute atomic E-state index is 0.0555. The highest BCUT2D eigenvalue weighted by Crippen LogP contribution is 2.13. The van der Waals surface area contributed by atoms with Crippen molar-refractivity contribution in [2.75, 3.05) is 0 Å². The SMILES string of the molecule is Cc1nc(CNC(C)c2nnc3ccccn23)oc1C. The molecule has 0 aromatic carbocycles. The van der Waals surface area contributed by atoms with E-state index in [0.717, 1.165) is 22.9 Å². The minimum Gasteiger partial charge on any atom is -0.444 e. The van der Waals surface area contributed by atoms with Gasteiger partial charge in [0.25, 0.3) is 0 Å².